The Morgan fingerprint density at radius 1 is 1.29 bits per heavy atom. The largest absolute Gasteiger partial charge is 0.469 e. The summed E-state index contributed by atoms with van der Waals surface area (Å²) in [4.78, 5) is 14.1. The van der Waals surface area contributed by atoms with Gasteiger partial charge in [0.15, 0.2) is 0 Å². The molecule has 1 aliphatic carbocycles. The average molecular weight is 239 g/mol. The van der Waals surface area contributed by atoms with Crippen LogP contribution in [0.5, 0.6) is 0 Å². The van der Waals surface area contributed by atoms with Crippen molar-refractivity contribution in [3.63, 3.8) is 0 Å². The fourth-order valence-corrected chi connectivity index (χ4v) is 4.23. The van der Waals surface area contributed by atoms with Crippen LogP contribution in [0.4, 0.5) is 0 Å². The highest BCUT2D eigenvalue weighted by molar-refractivity contribution is 5.72. The minimum Gasteiger partial charge on any atom is -0.469 e. The van der Waals surface area contributed by atoms with Gasteiger partial charge in [0.2, 0.25) is 0 Å². The summed E-state index contributed by atoms with van der Waals surface area (Å²) in [6.45, 7) is 1.13. The third-order valence-corrected chi connectivity index (χ3v) is 5.00. The van der Waals surface area contributed by atoms with Crippen LogP contribution in [0.2, 0.25) is 0 Å². The maximum Gasteiger partial charge on any atom is 0.308 e. The molecule has 4 heteroatoms. The molecule has 0 radical (unpaired) electrons. The first-order chi connectivity index (χ1) is 8.22. The lowest BCUT2D eigenvalue weighted by atomic mass is 9.76. The van der Waals surface area contributed by atoms with Crippen molar-refractivity contribution in [2.45, 2.75) is 50.3 Å². The molecule has 96 valence electrons. The second-order valence-corrected chi connectivity index (χ2v) is 5.70. The van der Waals surface area contributed by atoms with Gasteiger partial charge in [0, 0.05) is 18.0 Å². The fraction of sp³-hybridized carbons (Fsp3) is 0.923. The maximum atomic E-state index is 11.6. The number of aliphatic hydroxyl groups is 1. The molecule has 0 aromatic carbocycles. The highest BCUT2D eigenvalue weighted by Crippen LogP contribution is 2.45. The van der Waals surface area contributed by atoms with E-state index >= 15 is 0 Å². The number of rotatable bonds is 1. The van der Waals surface area contributed by atoms with Crippen molar-refractivity contribution in [3.8, 4) is 0 Å². The number of fused-ring (bicyclic) bond motifs is 3. The monoisotopic (exact) mass is 239 g/mol. The van der Waals surface area contributed by atoms with Crippen LogP contribution < -0.4 is 0 Å². The van der Waals surface area contributed by atoms with Gasteiger partial charge in [-0.05, 0) is 38.6 Å². The third-order valence-electron chi connectivity index (χ3n) is 5.00. The van der Waals surface area contributed by atoms with Gasteiger partial charge in [0.25, 0.3) is 0 Å². The standard InChI is InChI=1S/C13H21NO3/c1-17-13(16)8-4-5-10-9(7-8)12(15)11-3-2-6-14(10)11/h8-12,15H,2-7H2,1H3/t8-,9+,10-,11+,12-/m0/s1. The quantitative estimate of drug-likeness (QED) is 0.687. The summed E-state index contributed by atoms with van der Waals surface area (Å²) >= 11 is 0. The van der Waals surface area contributed by atoms with Crippen molar-refractivity contribution < 1.29 is 14.6 Å². The summed E-state index contributed by atoms with van der Waals surface area (Å²) in [5.74, 6) is 0.205. The van der Waals surface area contributed by atoms with E-state index in [1.54, 1.807) is 0 Å². The van der Waals surface area contributed by atoms with Gasteiger partial charge in [-0.15, -0.1) is 0 Å². The van der Waals surface area contributed by atoms with Crippen LogP contribution in [0, 0.1) is 11.8 Å². The van der Waals surface area contributed by atoms with Crippen LogP contribution in [0.15, 0.2) is 0 Å². The molecule has 2 heterocycles. The normalized spacial score (nSPS) is 45.4. The summed E-state index contributed by atoms with van der Waals surface area (Å²) < 4.78 is 4.83. The van der Waals surface area contributed by atoms with Crippen molar-refractivity contribution in [1.29, 1.82) is 0 Å². The van der Waals surface area contributed by atoms with Crippen molar-refractivity contribution in [1.82, 2.24) is 4.90 Å². The van der Waals surface area contributed by atoms with E-state index in [9.17, 15) is 9.90 Å². The Morgan fingerprint density at radius 2 is 2.12 bits per heavy atom. The van der Waals surface area contributed by atoms with Crippen LogP contribution >= 0.6 is 0 Å². The summed E-state index contributed by atoms with van der Waals surface area (Å²) in [6, 6.07) is 0.875. The van der Waals surface area contributed by atoms with Gasteiger partial charge in [-0.2, -0.15) is 0 Å². The van der Waals surface area contributed by atoms with E-state index in [2.05, 4.69) is 4.90 Å². The Balaban J connectivity index is 1.73. The molecule has 0 spiro atoms. The molecule has 0 aromatic heterocycles. The van der Waals surface area contributed by atoms with Gasteiger partial charge in [-0.1, -0.05) is 0 Å². The number of nitrogens with zero attached hydrogens (tertiary/aromatic N) is 1. The van der Waals surface area contributed by atoms with Crippen LogP contribution in [0.1, 0.15) is 32.1 Å². The van der Waals surface area contributed by atoms with E-state index in [4.69, 9.17) is 4.74 Å². The van der Waals surface area contributed by atoms with E-state index in [1.165, 1.54) is 13.5 Å². The van der Waals surface area contributed by atoms with Gasteiger partial charge in [-0.25, -0.2) is 0 Å². The van der Waals surface area contributed by atoms with Crippen molar-refractivity contribution in [2.75, 3.05) is 13.7 Å². The lowest BCUT2D eigenvalue weighted by Gasteiger charge is -2.34. The molecule has 0 unspecified atom stereocenters. The van der Waals surface area contributed by atoms with Crippen LogP contribution in [-0.4, -0.2) is 47.8 Å². The Bertz CT molecular complexity index is 320. The van der Waals surface area contributed by atoms with E-state index in [-0.39, 0.29) is 23.9 Å². The van der Waals surface area contributed by atoms with Crippen LogP contribution in [0.25, 0.3) is 0 Å². The molecule has 3 rings (SSSR count). The third kappa shape index (κ3) is 1.69. The second kappa shape index (κ2) is 4.25. The molecular formula is C13H21NO3. The lowest BCUT2D eigenvalue weighted by molar-refractivity contribution is -0.147. The minimum absolute atomic E-state index is 0.0101. The summed E-state index contributed by atoms with van der Waals surface area (Å²) in [5, 5.41) is 10.4. The average Bonchev–Trinajstić information content (AvgIpc) is 2.92. The Hall–Kier alpha value is -0.610. The number of ether oxygens (including phenoxy) is 1. The number of hydrogen-bond acceptors (Lipinski definition) is 4. The SMILES string of the molecule is COC(=O)[C@H]1CC[C@H]2[C@@H](C1)[C@H](O)[C@H]1CCCN12. The number of methoxy groups -OCH3 is 1. The van der Waals surface area contributed by atoms with E-state index in [0.717, 1.165) is 32.2 Å². The Labute approximate surface area is 102 Å². The molecular weight excluding hydrogens is 218 g/mol. The molecule has 1 N–H and O–H groups in total. The summed E-state index contributed by atoms with van der Waals surface area (Å²) in [7, 11) is 1.46. The molecule has 5 atom stereocenters. The van der Waals surface area contributed by atoms with Gasteiger partial charge < -0.3 is 9.84 Å². The van der Waals surface area contributed by atoms with Crippen molar-refractivity contribution in [3.05, 3.63) is 0 Å². The zero-order valence-corrected chi connectivity index (χ0v) is 10.3. The first-order valence-corrected chi connectivity index (χ1v) is 6.74. The number of hydrogen-bond donors (Lipinski definition) is 1. The minimum atomic E-state index is -0.227. The van der Waals surface area contributed by atoms with Gasteiger partial charge in [0.1, 0.15) is 0 Å². The first-order valence-electron chi connectivity index (χ1n) is 6.74. The van der Waals surface area contributed by atoms with E-state index < -0.39 is 0 Å². The molecule has 0 amide bonds. The maximum absolute atomic E-state index is 11.6. The number of carbonyl (C=O) groups excluding carboxylic acids is 1. The molecule has 0 bridgehead atoms. The van der Waals surface area contributed by atoms with Crippen molar-refractivity contribution in [2.24, 2.45) is 11.8 Å². The zero-order valence-electron chi connectivity index (χ0n) is 10.3. The van der Waals surface area contributed by atoms with Crippen LogP contribution in [-0.2, 0) is 9.53 Å². The molecule has 3 aliphatic rings. The van der Waals surface area contributed by atoms with Gasteiger partial charge in [-0.3, -0.25) is 9.69 Å². The number of aliphatic hydroxyl groups excluding tert-OH is 1. The summed E-state index contributed by atoms with van der Waals surface area (Å²) in [6.07, 6.45) is 4.88. The zero-order chi connectivity index (χ0) is 12.0. The van der Waals surface area contributed by atoms with Gasteiger partial charge in [0.05, 0.1) is 19.1 Å². The number of carbonyl (C=O) groups is 1. The molecule has 17 heavy (non-hydrogen) atoms. The van der Waals surface area contributed by atoms with Crippen molar-refractivity contribution >= 4 is 5.97 Å². The highest BCUT2D eigenvalue weighted by atomic mass is 16.5. The lowest BCUT2D eigenvalue weighted by Crippen LogP contribution is -2.39. The molecule has 1 saturated carbocycles. The molecule has 3 fully saturated rings. The Kier molecular flexibility index (Phi) is 2.87. The fourth-order valence-electron chi connectivity index (χ4n) is 4.23. The Morgan fingerprint density at radius 3 is 2.88 bits per heavy atom. The smallest absolute Gasteiger partial charge is 0.308 e. The van der Waals surface area contributed by atoms with E-state index in [0.29, 0.717) is 12.1 Å². The molecule has 0 aromatic rings. The second-order valence-electron chi connectivity index (χ2n) is 5.70. The molecule has 2 aliphatic heterocycles. The predicted octanol–water partition coefficient (Wildman–Crippen LogP) is 0.783. The number of esters is 1. The summed E-state index contributed by atoms with van der Waals surface area (Å²) in [5.41, 5.74) is 0. The molecule has 2 saturated heterocycles. The van der Waals surface area contributed by atoms with E-state index in [1.807, 2.05) is 0 Å². The van der Waals surface area contributed by atoms with Crippen LogP contribution in [0.3, 0.4) is 0 Å². The highest BCUT2D eigenvalue weighted by Gasteiger charge is 2.52. The molecule has 4 nitrogen and oxygen atoms in total. The van der Waals surface area contributed by atoms with Gasteiger partial charge >= 0.3 is 5.97 Å². The topological polar surface area (TPSA) is 49.8 Å². The predicted molar refractivity (Wildman–Crippen MR) is 62.4 cm³/mol. The first kappa shape index (κ1) is 11.5.